The SMILES string of the molecule is CCc1nc2ccc(OC)cc2c2c1O[C@]1(C[C@H]2F)C[C@H]2C(=O)N[C@]3(C(=O)NS(=O)(=O)C4(C)CC4)C[C@H]3/C=C\CCCCC[C@H](NC(=O)OC(C)(C)C)C(=O)N2C1. The van der Waals surface area contributed by atoms with Gasteiger partial charge in [-0.05, 0) is 90.8 Å². The van der Waals surface area contributed by atoms with Gasteiger partial charge in [0, 0.05) is 29.7 Å². The number of amides is 4. The van der Waals surface area contributed by atoms with Gasteiger partial charge in [0.05, 0.1) is 29.6 Å². The van der Waals surface area contributed by atoms with Gasteiger partial charge in [0.1, 0.15) is 46.5 Å². The van der Waals surface area contributed by atoms with E-state index in [1.54, 1.807) is 45.9 Å². The number of fused-ring (bicyclic) bond motifs is 5. The second kappa shape index (κ2) is 14.7. The quantitative estimate of drug-likeness (QED) is 0.327. The van der Waals surface area contributed by atoms with E-state index >= 15 is 4.39 Å². The molecule has 1 spiro atoms. The minimum Gasteiger partial charge on any atom is -0.497 e. The molecule has 4 heterocycles. The highest BCUT2D eigenvalue weighted by molar-refractivity contribution is 7.91. The van der Waals surface area contributed by atoms with Crippen molar-refractivity contribution in [3.05, 3.63) is 41.6 Å². The average Bonchev–Trinajstić information content (AvgIpc) is 4.03. The molecule has 1 aromatic heterocycles. The Hall–Kier alpha value is -4.47. The van der Waals surface area contributed by atoms with Crippen LogP contribution in [0.15, 0.2) is 30.4 Å². The number of benzene rings is 1. The van der Waals surface area contributed by atoms with E-state index in [0.717, 1.165) is 12.8 Å². The third-order valence-electron chi connectivity index (χ3n) is 12.1. The Morgan fingerprint density at radius 3 is 2.56 bits per heavy atom. The van der Waals surface area contributed by atoms with Gasteiger partial charge < -0.3 is 29.7 Å². The molecule has 0 unspecified atom stereocenters. The Morgan fingerprint density at radius 2 is 1.88 bits per heavy atom. The predicted octanol–water partition coefficient (Wildman–Crippen LogP) is 5.23. The number of aryl methyl sites for hydroxylation is 1. The molecule has 2 aliphatic carbocycles. The molecule has 5 aliphatic rings. The molecule has 57 heavy (non-hydrogen) atoms. The number of nitrogens with one attached hydrogen (secondary N) is 3. The van der Waals surface area contributed by atoms with Crippen molar-refractivity contribution in [3.63, 3.8) is 0 Å². The zero-order valence-electron chi connectivity index (χ0n) is 33.5. The molecule has 14 nitrogen and oxygen atoms in total. The van der Waals surface area contributed by atoms with E-state index in [1.165, 1.54) is 12.0 Å². The summed E-state index contributed by atoms with van der Waals surface area (Å²) in [6, 6.07) is 2.86. The third-order valence-corrected chi connectivity index (χ3v) is 14.2. The predicted molar refractivity (Wildman–Crippen MR) is 209 cm³/mol. The Labute approximate surface area is 333 Å². The number of ether oxygens (including phenoxy) is 3. The first-order valence-corrected chi connectivity index (χ1v) is 21.5. The van der Waals surface area contributed by atoms with Crippen molar-refractivity contribution in [2.24, 2.45) is 5.92 Å². The number of sulfonamides is 1. The number of alkyl halides is 1. The fourth-order valence-electron chi connectivity index (χ4n) is 8.44. The minimum absolute atomic E-state index is 0.141. The maximum absolute atomic E-state index is 16.9. The number of allylic oxidation sites excluding steroid dienone is 1. The van der Waals surface area contributed by atoms with E-state index in [1.807, 2.05) is 19.1 Å². The molecular weight excluding hydrogens is 758 g/mol. The molecule has 16 heteroatoms. The number of halogens is 1. The molecule has 6 atom stereocenters. The Morgan fingerprint density at radius 1 is 1.12 bits per heavy atom. The average molecular weight is 812 g/mol. The maximum atomic E-state index is 16.9. The number of hydrogen-bond donors (Lipinski definition) is 3. The molecular formula is C41H54FN5O9S. The number of alkyl carbamates (subject to hydrolysis) is 1. The van der Waals surface area contributed by atoms with Crippen molar-refractivity contribution in [2.75, 3.05) is 13.7 Å². The summed E-state index contributed by atoms with van der Waals surface area (Å²) in [7, 11) is -2.52. The number of hydrogen-bond acceptors (Lipinski definition) is 10. The summed E-state index contributed by atoms with van der Waals surface area (Å²) in [5.74, 6) is -1.86. The summed E-state index contributed by atoms with van der Waals surface area (Å²) in [6.45, 7) is 8.38. The van der Waals surface area contributed by atoms with Gasteiger partial charge in [-0.2, -0.15) is 0 Å². The van der Waals surface area contributed by atoms with Crippen LogP contribution in [0.25, 0.3) is 10.9 Å². The van der Waals surface area contributed by atoms with Crippen LogP contribution in [-0.2, 0) is 35.6 Å². The van der Waals surface area contributed by atoms with E-state index in [-0.39, 0.29) is 38.0 Å². The van der Waals surface area contributed by atoms with Crippen LogP contribution in [0.1, 0.15) is 116 Å². The van der Waals surface area contributed by atoms with Crippen molar-refractivity contribution < 1.29 is 46.2 Å². The number of rotatable bonds is 6. The number of carbonyl (C=O) groups excluding carboxylic acids is 4. The second-order valence-electron chi connectivity index (χ2n) is 17.6. The third kappa shape index (κ3) is 7.90. The Kier molecular flexibility index (Phi) is 10.5. The van der Waals surface area contributed by atoms with E-state index in [9.17, 15) is 27.6 Å². The van der Waals surface area contributed by atoms with Crippen molar-refractivity contribution in [1.82, 2.24) is 25.2 Å². The summed E-state index contributed by atoms with van der Waals surface area (Å²) >= 11 is 0. The fraction of sp³-hybridized carbons (Fsp3) is 0.634. The molecule has 1 aromatic carbocycles. The monoisotopic (exact) mass is 811 g/mol. The van der Waals surface area contributed by atoms with Gasteiger partial charge in [-0.1, -0.05) is 31.9 Å². The summed E-state index contributed by atoms with van der Waals surface area (Å²) in [5.41, 5.74) is -2.43. The summed E-state index contributed by atoms with van der Waals surface area (Å²) in [5, 5.41) is 6.14. The number of aromatic nitrogens is 1. The van der Waals surface area contributed by atoms with Crippen LogP contribution in [-0.4, -0.2) is 89.3 Å². The van der Waals surface area contributed by atoms with Crippen LogP contribution >= 0.6 is 0 Å². The summed E-state index contributed by atoms with van der Waals surface area (Å²) in [6.07, 6.45) is 5.38. The number of carbonyl (C=O) groups is 4. The van der Waals surface area contributed by atoms with Gasteiger partial charge in [-0.15, -0.1) is 0 Å². The van der Waals surface area contributed by atoms with Gasteiger partial charge in [0.2, 0.25) is 21.8 Å². The van der Waals surface area contributed by atoms with Crippen LogP contribution in [0.3, 0.4) is 0 Å². The zero-order chi connectivity index (χ0) is 41.1. The lowest BCUT2D eigenvalue weighted by Gasteiger charge is -2.38. The molecule has 4 amide bonds. The van der Waals surface area contributed by atoms with Gasteiger partial charge in [-0.25, -0.2) is 22.6 Å². The van der Waals surface area contributed by atoms with Crippen LogP contribution in [0.4, 0.5) is 9.18 Å². The van der Waals surface area contributed by atoms with Crippen LogP contribution in [0.2, 0.25) is 0 Å². The zero-order valence-corrected chi connectivity index (χ0v) is 34.4. The molecule has 3 aliphatic heterocycles. The number of nitrogens with zero attached hydrogens (tertiary/aromatic N) is 2. The lowest BCUT2D eigenvalue weighted by atomic mass is 9.85. The lowest BCUT2D eigenvalue weighted by molar-refractivity contribution is -0.141. The smallest absolute Gasteiger partial charge is 0.408 e. The minimum atomic E-state index is -4.04. The van der Waals surface area contributed by atoms with Crippen molar-refractivity contribution >= 4 is 44.7 Å². The molecule has 2 aromatic rings. The van der Waals surface area contributed by atoms with Crippen LogP contribution in [0, 0.1) is 5.92 Å². The highest BCUT2D eigenvalue weighted by Gasteiger charge is 2.64. The van der Waals surface area contributed by atoms with Crippen LogP contribution < -0.4 is 24.8 Å². The molecule has 7 rings (SSSR count). The second-order valence-corrected chi connectivity index (χ2v) is 19.8. The summed E-state index contributed by atoms with van der Waals surface area (Å²) < 4.78 is 62.3. The van der Waals surface area contributed by atoms with E-state index < -0.39 is 79.5 Å². The molecule has 0 radical (unpaired) electrons. The molecule has 3 fully saturated rings. The molecule has 1 saturated heterocycles. The first-order chi connectivity index (χ1) is 26.8. The maximum Gasteiger partial charge on any atom is 0.408 e. The number of methoxy groups -OCH3 is 1. The van der Waals surface area contributed by atoms with Crippen molar-refractivity contribution in [2.45, 2.75) is 145 Å². The normalized spacial score (nSPS) is 30.3. The first kappa shape index (κ1) is 40.7. The van der Waals surface area contributed by atoms with Gasteiger partial charge in [-0.3, -0.25) is 19.1 Å². The number of pyridine rings is 1. The van der Waals surface area contributed by atoms with Crippen LogP contribution in [0.5, 0.6) is 11.5 Å². The van der Waals surface area contributed by atoms with E-state index in [2.05, 4.69) is 15.4 Å². The molecule has 3 N–H and O–H groups in total. The van der Waals surface area contributed by atoms with Gasteiger partial charge in [0.15, 0.2) is 0 Å². The first-order valence-electron chi connectivity index (χ1n) is 20.0. The largest absolute Gasteiger partial charge is 0.497 e. The molecule has 0 bridgehead atoms. The highest BCUT2D eigenvalue weighted by atomic mass is 32.2. The highest BCUT2D eigenvalue weighted by Crippen LogP contribution is 2.52. The topological polar surface area (TPSA) is 182 Å². The molecule has 310 valence electrons. The lowest BCUT2D eigenvalue weighted by Crippen LogP contribution is -2.58. The van der Waals surface area contributed by atoms with Gasteiger partial charge >= 0.3 is 6.09 Å². The van der Waals surface area contributed by atoms with E-state index in [4.69, 9.17) is 19.2 Å². The Bertz CT molecular complexity index is 2120. The van der Waals surface area contributed by atoms with Crippen molar-refractivity contribution in [1.29, 1.82) is 0 Å². The fourth-order valence-corrected chi connectivity index (χ4v) is 9.75. The summed E-state index contributed by atoms with van der Waals surface area (Å²) in [4.78, 5) is 62.7. The van der Waals surface area contributed by atoms with Crippen molar-refractivity contribution in [3.8, 4) is 11.5 Å². The Balaban J connectivity index is 1.27. The standard InChI is InChI=1S/C41H54FN5O9S/c1-7-28-33-32(26-19-25(54-6)15-16-29(26)43-28)27(42)21-40(55-33)22-31-34(48)45-41(36(50)46-57(52,53)39(5)17-18-39)20-24(41)13-11-9-8-10-12-14-30(35(49)47(31)23-40)44-37(51)56-38(2,3)4/h11,13,15-16,19,24,27,30-31H,7-10,12,14,17-18,20-23H2,1-6H3,(H,44,51)(H,45,48)(H,46,50)/b13-11-/t24-,27-,30+,31+,40-,41-/m1/s1. The van der Waals surface area contributed by atoms with Gasteiger partial charge in [0.25, 0.3) is 5.91 Å². The van der Waals surface area contributed by atoms with E-state index in [0.29, 0.717) is 60.0 Å². The molecule has 2 saturated carbocycles.